The molecule has 1 aliphatic heterocycles. The van der Waals surface area contributed by atoms with Gasteiger partial charge in [-0.3, -0.25) is 19.2 Å². The van der Waals surface area contributed by atoms with E-state index in [1.54, 1.807) is 10.7 Å². The molecular formula is C51H53N3O13. The van der Waals surface area contributed by atoms with Crippen molar-refractivity contribution in [3.8, 4) is 11.3 Å². The molecule has 0 spiro atoms. The summed E-state index contributed by atoms with van der Waals surface area (Å²) in [6, 6.07) is 40.3. The van der Waals surface area contributed by atoms with E-state index in [9.17, 15) is 19.2 Å². The SMILES string of the molecule is CC(=O)OC[C@H]1O[C@@H](O[C@H](COCc2ccccc2)[C@H](OCc2ccccc2)[C@H](OCc2ccccc2)c2cnc3cc(-c4ccccc4)nn3c2)[C@H](OC(C)=O)[C@@H](OC(C)=O)[C@@H]1OC(C)=O. The van der Waals surface area contributed by atoms with E-state index in [-0.39, 0.29) is 26.4 Å². The smallest absolute Gasteiger partial charge is 0.303 e. The molecule has 67 heavy (non-hydrogen) atoms. The molecule has 1 fully saturated rings. The van der Waals surface area contributed by atoms with Crippen LogP contribution < -0.4 is 0 Å². The molecular weight excluding hydrogens is 863 g/mol. The second-order valence-corrected chi connectivity index (χ2v) is 15.8. The summed E-state index contributed by atoms with van der Waals surface area (Å²) in [5.74, 6) is -3.00. The first-order chi connectivity index (χ1) is 32.5. The van der Waals surface area contributed by atoms with Crippen molar-refractivity contribution in [3.05, 3.63) is 162 Å². The molecule has 6 aromatic rings. The molecule has 16 heteroatoms. The van der Waals surface area contributed by atoms with Crippen molar-refractivity contribution in [1.82, 2.24) is 14.6 Å². The second-order valence-electron chi connectivity index (χ2n) is 15.8. The lowest BCUT2D eigenvalue weighted by Gasteiger charge is -2.45. The van der Waals surface area contributed by atoms with Crippen LogP contribution in [0.3, 0.4) is 0 Å². The van der Waals surface area contributed by atoms with Gasteiger partial charge in [0.2, 0.25) is 0 Å². The number of rotatable bonds is 21. The predicted octanol–water partition coefficient (Wildman–Crippen LogP) is 6.92. The summed E-state index contributed by atoms with van der Waals surface area (Å²) in [6.07, 6.45) is -6.98. The molecule has 2 aromatic heterocycles. The highest BCUT2D eigenvalue weighted by atomic mass is 16.7. The van der Waals surface area contributed by atoms with Crippen molar-refractivity contribution in [3.63, 3.8) is 0 Å². The van der Waals surface area contributed by atoms with Crippen LogP contribution in [0.5, 0.6) is 0 Å². The van der Waals surface area contributed by atoms with Crippen LogP contribution in [0.1, 0.15) is 56.1 Å². The highest BCUT2D eigenvalue weighted by Gasteiger charge is 2.54. The van der Waals surface area contributed by atoms with Crippen LogP contribution in [0.25, 0.3) is 16.9 Å². The fraction of sp³-hybridized carbons (Fsp3) is 0.333. The summed E-state index contributed by atoms with van der Waals surface area (Å²) < 4.78 is 57.9. The lowest BCUT2D eigenvalue weighted by Crippen LogP contribution is -2.64. The van der Waals surface area contributed by atoms with Gasteiger partial charge in [0.25, 0.3) is 0 Å². The van der Waals surface area contributed by atoms with Crippen molar-refractivity contribution < 1.29 is 61.8 Å². The van der Waals surface area contributed by atoms with Crippen molar-refractivity contribution in [2.75, 3.05) is 13.2 Å². The van der Waals surface area contributed by atoms with Gasteiger partial charge in [-0.25, -0.2) is 9.50 Å². The van der Waals surface area contributed by atoms with E-state index in [2.05, 4.69) is 0 Å². The van der Waals surface area contributed by atoms with Crippen LogP contribution in [0, 0.1) is 0 Å². The molecule has 0 amide bonds. The summed E-state index contributed by atoms with van der Waals surface area (Å²) in [5.41, 5.74) is 5.33. The standard InChI is InChI=1S/C51H53N3O13/c1-33(55)60-32-44-48(63-34(2)56)49(64-35(3)57)50(65-36(4)58)51(67-44)66-43(31-59-28-37-17-9-5-10-18-37)47(62-30-39-21-13-7-14-22-39)46(61-29-38-19-11-6-12-20-38)41-26-52-45-25-42(53-54(45)27-41)40-23-15-8-16-24-40/h5-27,43-44,46-51H,28-32H2,1-4H3/t43-,44-,46-,47+,48-,49+,50-,51-/m1/s1. The fourth-order valence-corrected chi connectivity index (χ4v) is 7.63. The summed E-state index contributed by atoms with van der Waals surface area (Å²) in [5, 5.41) is 4.87. The number of carbonyl (C=O) groups is 4. The minimum absolute atomic E-state index is 0.0728. The number of hydrogen-bond donors (Lipinski definition) is 0. The average Bonchev–Trinajstić information content (AvgIpc) is 3.76. The molecule has 0 radical (unpaired) electrons. The number of aromatic nitrogens is 3. The monoisotopic (exact) mass is 915 g/mol. The first-order valence-corrected chi connectivity index (χ1v) is 21.8. The minimum Gasteiger partial charge on any atom is -0.463 e. The van der Waals surface area contributed by atoms with Crippen LogP contribution in [-0.2, 0) is 81.6 Å². The van der Waals surface area contributed by atoms with Gasteiger partial charge in [-0.2, -0.15) is 5.10 Å². The number of carbonyl (C=O) groups excluding carboxylic acids is 4. The highest BCUT2D eigenvalue weighted by molar-refractivity contribution is 5.69. The van der Waals surface area contributed by atoms with Crippen LogP contribution in [0.15, 0.2) is 140 Å². The van der Waals surface area contributed by atoms with E-state index < -0.39 is 79.5 Å². The van der Waals surface area contributed by atoms with Gasteiger partial charge < -0.3 is 42.6 Å². The Morgan fingerprint density at radius 3 is 1.76 bits per heavy atom. The third-order valence-electron chi connectivity index (χ3n) is 10.6. The van der Waals surface area contributed by atoms with Crippen molar-refractivity contribution >= 4 is 29.5 Å². The average molecular weight is 916 g/mol. The van der Waals surface area contributed by atoms with Gasteiger partial charge in [-0.1, -0.05) is 121 Å². The van der Waals surface area contributed by atoms with Crippen molar-refractivity contribution in [2.24, 2.45) is 0 Å². The van der Waals surface area contributed by atoms with E-state index in [4.69, 9.17) is 52.7 Å². The van der Waals surface area contributed by atoms with Crippen LogP contribution in [0.2, 0.25) is 0 Å². The van der Waals surface area contributed by atoms with Crippen LogP contribution >= 0.6 is 0 Å². The number of ether oxygens (including phenoxy) is 9. The van der Waals surface area contributed by atoms with E-state index >= 15 is 0 Å². The Morgan fingerprint density at radius 2 is 1.18 bits per heavy atom. The van der Waals surface area contributed by atoms with E-state index in [1.807, 2.05) is 134 Å². The van der Waals surface area contributed by atoms with Gasteiger partial charge in [0, 0.05) is 57.3 Å². The topological polar surface area (TPSA) is 182 Å². The fourth-order valence-electron chi connectivity index (χ4n) is 7.63. The number of benzene rings is 4. The van der Waals surface area contributed by atoms with E-state index in [0.717, 1.165) is 43.0 Å². The molecule has 8 atom stereocenters. The largest absolute Gasteiger partial charge is 0.463 e. The molecule has 1 aliphatic rings. The molecule has 16 nitrogen and oxygen atoms in total. The maximum Gasteiger partial charge on any atom is 0.303 e. The Morgan fingerprint density at radius 1 is 0.642 bits per heavy atom. The number of hydrogen-bond acceptors (Lipinski definition) is 15. The molecule has 3 heterocycles. The minimum atomic E-state index is -1.58. The zero-order chi connectivity index (χ0) is 47.1. The number of fused-ring (bicyclic) bond motifs is 1. The maximum atomic E-state index is 12.9. The quantitative estimate of drug-likeness (QED) is 0.0535. The second kappa shape index (κ2) is 23.6. The van der Waals surface area contributed by atoms with Crippen molar-refractivity contribution in [2.45, 2.75) is 96.5 Å². The summed E-state index contributed by atoms with van der Waals surface area (Å²) in [6.45, 7) is 4.40. The summed E-state index contributed by atoms with van der Waals surface area (Å²) >= 11 is 0. The molecule has 0 saturated carbocycles. The Bertz CT molecular complexity index is 2530. The van der Waals surface area contributed by atoms with Crippen molar-refractivity contribution in [1.29, 1.82) is 0 Å². The molecule has 1 saturated heterocycles. The first-order valence-electron chi connectivity index (χ1n) is 21.8. The predicted molar refractivity (Wildman–Crippen MR) is 240 cm³/mol. The molecule has 0 bridgehead atoms. The van der Waals surface area contributed by atoms with E-state index in [1.165, 1.54) is 6.92 Å². The lowest BCUT2D eigenvalue weighted by atomic mass is 9.97. The van der Waals surface area contributed by atoms with Gasteiger partial charge in [0.05, 0.1) is 32.1 Å². The Hall–Kier alpha value is -6.82. The third-order valence-corrected chi connectivity index (χ3v) is 10.6. The van der Waals surface area contributed by atoms with Gasteiger partial charge in [0.1, 0.15) is 31.0 Å². The molecule has 0 aliphatic carbocycles. The Balaban J connectivity index is 1.35. The zero-order valence-electron chi connectivity index (χ0n) is 37.6. The molecule has 7 rings (SSSR count). The van der Waals surface area contributed by atoms with Gasteiger partial charge in [-0.05, 0) is 16.7 Å². The maximum absolute atomic E-state index is 12.9. The van der Waals surface area contributed by atoms with E-state index in [0.29, 0.717) is 16.9 Å². The first kappa shape index (κ1) is 48.1. The molecule has 0 unspecified atom stereocenters. The molecule has 4 aromatic carbocycles. The highest BCUT2D eigenvalue weighted by Crippen LogP contribution is 2.35. The molecule has 350 valence electrons. The van der Waals surface area contributed by atoms with Crippen LogP contribution in [-0.4, -0.2) is 94.6 Å². The normalized spacial score (nSPS) is 19.4. The summed E-state index contributed by atoms with van der Waals surface area (Å²) in [4.78, 5) is 55.2. The Labute approximate surface area is 388 Å². The van der Waals surface area contributed by atoms with Gasteiger partial charge in [0.15, 0.2) is 30.2 Å². The van der Waals surface area contributed by atoms with Gasteiger partial charge >= 0.3 is 23.9 Å². The van der Waals surface area contributed by atoms with Crippen LogP contribution in [0.4, 0.5) is 0 Å². The van der Waals surface area contributed by atoms with Gasteiger partial charge in [-0.15, -0.1) is 0 Å². The lowest BCUT2D eigenvalue weighted by molar-refractivity contribution is -0.329. The number of esters is 4. The zero-order valence-corrected chi connectivity index (χ0v) is 37.6. The summed E-state index contributed by atoms with van der Waals surface area (Å²) in [7, 11) is 0. The Kier molecular flexibility index (Phi) is 16.9. The number of nitrogens with zero attached hydrogens (tertiary/aromatic N) is 3. The molecule has 0 N–H and O–H groups in total. The third kappa shape index (κ3) is 13.6.